The summed E-state index contributed by atoms with van der Waals surface area (Å²) in [4.78, 5) is 4.16. The molecule has 102 valence electrons. The number of hydrogen-bond donors (Lipinski definition) is 1. The Morgan fingerprint density at radius 2 is 2.33 bits per heavy atom. The fraction of sp³-hybridized carbons (Fsp3) is 0.833. The summed E-state index contributed by atoms with van der Waals surface area (Å²) < 4.78 is 16.1. The van der Waals surface area contributed by atoms with Gasteiger partial charge in [0.15, 0.2) is 5.82 Å². The van der Waals surface area contributed by atoms with Gasteiger partial charge in [-0.25, -0.2) is 0 Å². The first-order valence-electron chi connectivity index (χ1n) is 6.41. The van der Waals surface area contributed by atoms with Crippen LogP contribution >= 0.6 is 0 Å². The molecular weight excluding hydrogens is 234 g/mol. The summed E-state index contributed by atoms with van der Waals surface area (Å²) in [5.74, 6) is 1.36. The smallest absolute Gasteiger partial charge is 0.227 e. The molecule has 18 heavy (non-hydrogen) atoms. The molecule has 1 fully saturated rings. The van der Waals surface area contributed by atoms with Crippen molar-refractivity contribution in [2.45, 2.75) is 44.9 Å². The molecule has 1 saturated carbocycles. The van der Waals surface area contributed by atoms with Crippen molar-refractivity contribution in [3.8, 4) is 0 Å². The SMILES string of the molecule is CCOC1CC(NCCc2nc(C)no2)C1OC. The fourth-order valence-electron chi connectivity index (χ4n) is 2.28. The molecule has 3 atom stereocenters. The predicted octanol–water partition coefficient (Wildman–Crippen LogP) is 0.703. The van der Waals surface area contributed by atoms with E-state index in [0.717, 1.165) is 26.0 Å². The molecule has 0 amide bonds. The van der Waals surface area contributed by atoms with Crippen molar-refractivity contribution in [3.63, 3.8) is 0 Å². The molecule has 1 aliphatic rings. The second-order valence-electron chi connectivity index (χ2n) is 4.48. The normalized spacial score (nSPS) is 27.2. The van der Waals surface area contributed by atoms with E-state index in [1.165, 1.54) is 0 Å². The zero-order chi connectivity index (χ0) is 13.0. The molecule has 0 radical (unpaired) electrons. The molecule has 0 spiro atoms. The topological polar surface area (TPSA) is 69.4 Å². The molecule has 0 bridgehead atoms. The first kappa shape index (κ1) is 13.5. The summed E-state index contributed by atoms with van der Waals surface area (Å²) in [5, 5.41) is 7.19. The zero-order valence-electron chi connectivity index (χ0n) is 11.2. The Morgan fingerprint density at radius 3 is 2.94 bits per heavy atom. The lowest BCUT2D eigenvalue weighted by Crippen LogP contribution is -2.60. The monoisotopic (exact) mass is 255 g/mol. The number of nitrogens with zero attached hydrogens (tertiary/aromatic N) is 2. The van der Waals surface area contributed by atoms with E-state index >= 15 is 0 Å². The molecule has 2 rings (SSSR count). The van der Waals surface area contributed by atoms with Crippen LogP contribution in [-0.4, -0.2) is 48.7 Å². The van der Waals surface area contributed by atoms with Gasteiger partial charge in [-0.3, -0.25) is 0 Å². The summed E-state index contributed by atoms with van der Waals surface area (Å²) in [5.41, 5.74) is 0. The van der Waals surface area contributed by atoms with E-state index < -0.39 is 0 Å². The molecule has 6 nitrogen and oxygen atoms in total. The van der Waals surface area contributed by atoms with Gasteiger partial charge in [0.1, 0.15) is 0 Å². The van der Waals surface area contributed by atoms with Crippen LogP contribution in [0.1, 0.15) is 25.1 Å². The highest BCUT2D eigenvalue weighted by atomic mass is 16.5. The minimum absolute atomic E-state index is 0.148. The zero-order valence-corrected chi connectivity index (χ0v) is 11.2. The molecule has 0 aromatic carbocycles. The molecule has 1 heterocycles. The third kappa shape index (κ3) is 3.07. The Bertz CT molecular complexity index is 369. The number of ether oxygens (including phenoxy) is 2. The Balaban J connectivity index is 1.68. The third-order valence-corrected chi connectivity index (χ3v) is 3.22. The summed E-state index contributed by atoms with van der Waals surface area (Å²) in [6.45, 7) is 5.37. The Kier molecular flexibility index (Phi) is 4.68. The van der Waals surface area contributed by atoms with Crippen molar-refractivity contribution in [2.75, 3.05) is 20.3 Å². The van der Waals surface area contributed by atoms with Crippen LogP contribution in [0.4, 0.5) is 0 Å². The van der Waals surface area contributed by atoms with Gasteiger partial charge >= 0.3 is 0 Å². The quantitative estimate of drug-likeness (QED) is 0.773. The van der Waals surface area contributed by atoms with Crippen molar-refractivity contribution >= 4 is 0 Å². The Hall–Kier alpha value is -0.980. The molecule has 1 aromatic rings. The summed E-state index contributed by atoms with van der Waals surface area (Å²) in [6, 6.07) is 0.357. The van der Waals surface area contributed by atoms with Gasteiger partial charge in [-0.2, -0.15) is 4.98 Å². The first-order valence-corrected chi connectivity index (χ1v) is 6.41. The van der Waals surface area contributed by atoms with E-state index in [4.69, 9.17) is 14.0 Å². The van der Waals surface area contributed by atoms with Crippen LogP contribution in [0.5, 0.6) is 0 Å². The molecule has 1 N–H and O–H groups in total. The van der Waals surface area contributed by atoms with Gasteiger partial charge in [0.2, 0.25) is 5.89 Å². The van der Waals surface area contributed by atoms with Crippen LogP contribution in [-0.2, 0) is 15.9 Å². The molecule has 1 aliphatic carbocycles. The maximum atomic E-state index is 5.57. The average Bonchev–Trinajstić information content (AvgIpc) is 2.73. The van der Waals surface area contributed by atoms with E-state index in [-0.39, 0.29) is 12.2 Å². The second-order valence-corrected chi connectivity index (χ2v) is 4.48. The highest BCUT2D eigenvalue weighted by Crippen LogP contribution is 2.26. The number of aryl methyl sites for hydroxylation is 1. The van der Waals surface area contributed by atoms with Crippen molar-refractivity contribution in [2.24, 2.45) is 0 Å². The van der Waals surface area contributed by atoms with Crippen LogP contribution in [0.2, 0.25) is 0 Å². The standard InChI is InChI=1S/C12H21N3O3/c1-4-17-10-7-9(12(10)16-3)13-6-5-11-14-8(2)15-18-11/h9-10,12-13H,4-7H2,1-3H3. The largest absolute Gasteiger partial charge is 0.377 e. The van der Waals surface area contributed by atoms with E-state index in [2.05, 4.69) is 15.5 Å². The van der Waals surface area contributed by atoms with Crippen molar-refractivity contribution < 1.29 is 14.0 Å². The Morgan fingerprint density at radius 1 is 1.50 bits per heavy atom. The van der Waals surface area contributed by atoms with Crippen LogP contribution in [0.3, 0.4) is 0 Å². The van der Waals surface area contributed by atoms with Crippen LogP contribution < -0.4 is 5.32 Å². The predicted molar refractivity (Wildman–Crippen MR) is 65.4 cm³/mol. The Labute approximate surface area is 107 Å². The van der Waals surface area contributed by atoms with Crippen LogP contribution in [0.15, 0.2) is 4.52 Å². The summed E-state index contributed by atoms with van der Waals surface area (Å²) in [7, 11) is 1.73. The van der Waals surface area contributed by atoms with Crippen molar-refractivity contribution in [3.05, 3.63) is 11.7 Å². The fourth-order valence-corrected chi connectivity index (χ4v) is 2.28. The summed E-state index contributed by atoms with van der Waals surface area (Å²) >= 11 is 0. The van der Waals surface area contributed by atoms with E-state index in [9.17, 15) is 0 Å². The maximum absolute atomic E-state index is 5.57. The van der Waals surface area contributed by atoms with Gasteiger partial charge in [-0.1, -0.05) is 5.16 Å². The minimum Gasteiger partial charge on any atom is -0.377 e. The van der Waals surface area contributed by atoms with Gasteiger partial charge in [0, 0.05) is 32.7 Å². The average molecular weight is 255 g/mol. The van der Waals surface area contributed by atoms with Gasteiger partial charge in [0.25, 0.3) is 0 Å². The highest BCUT2D eigenvalue weighted by Gasteiger charge is 2.41. The molecule has 3 unspecified atom stereocenters. The molecule has 0 aliphatic heterocycles. The van der Waals surface area contributed by atoms with Crippen molar-refractivity contribution in [1.29, 1.82) is 0 Å². The first-order chi connectivity index (χ1) is 8.74. The molecule has 6 heteroatoms. The lowest BCUT2D eigenvalue weighted by molar-refractivity contribution is -0.131. The van der Waals surface area contributed by atoms with E-state index in [1.807, 2.05) is 13.8 Å². The van der Waals surface area contributed by atoms with E-state index in [1.54, 1.807) is 7.11 Å². The number of nitrogens with one attached hydrogen (secondary N) is 1. The number of hydrogen-bond acceptors (Lipinski definition) is 6. The number of aromatic nitrogens is 2. The maximum Gasteiger partial charge on any atom is 0.227 e. The minimum atomic E-state index is 0.148. The number of rotatable bonds is 7. The van der Waals surface area contributed by atoms with Gasteiger partial charge in [-0.15, -0.1) is 0 Å². The van der Waals surface area contributed by atoms with Gasteiger partial charge in [0.05, 0.1) is 12.2 Å². The third-order valence-electron chi connectivity index (χ3n) is 3.22. The summed E-state index contributed by atoms with van der Waals surface area (Å²) in [6.07, 6.45) is 2.11. The molecular formula is C12H21N3O3. The van der Waals surface area contributed by atoms with Crippen LogP contribution in [0, 0.1) is 6.92 Å². The molecule has 1 aromatic heterocycles. The van der Waals surface area contributed by atoms with Gasteiger partial charge < -0.3 is 19.3 Å². The van der Waals surface area contributed by atoms with Gasteiger partial charge in [-0.05, 0) is 20.3 Å². The van der Waals surface area contributed by atoms with E-state index in [0.29, 0.717) is 17.8 Å². The van der Waals surface area contributed by atoms with Crippen LogP contribution in [0.25, 0.3) is 0 Å². The molecule has 0 saturated heterocycles. The lowest BCUT2D eigenvalue weighted by atomic mass is 9.85. The lowest BCUT2D eigenvalue weighted by Gasteiger charge is -2.43. The van der Waals surface area contributed by atoms with Crippen molar-refractivity contribution in [1.82, 2.24) is 15.5 Å². The number of methoxy groups -OCH3 is 1. The second kappa shape index (κ2) is 6.26. The highest BCUT2D eigenvalue weighted by molar-refractivity contribution is 4.97.